The predicted molar refractivity (Wildman–Crippen MR) is 106 cm³/mol. The smallest absolute Gasteiger partial charge is 0.259 e. The lowest BCUT2D eigenvalue weighted by Crippen LogP contribution is -2.34. The molecule has 0 spiro atoms. The van der Waals surface area contributed by atoms with Gasteiger partial charge in [0.2, 0.25) is 5.95 Å². The maximum atomic E-state index is 12.6. The Balaban J connectivity index is 1.69. The van der Waals surface area contributed by atoms with Gasteiger partial charge in [-0.2, -0.15) is 0 Å². The molecule has 0 radical (unpaired) electrons. The van der Waals surface area contributed by atoms with Crippen LogP contribution in [0.5, 0.6) is 0 Å². The van der Waals surface area contributed by atoms with Gasteiger partial charge < -0.3 is 15.1 Å². The number of anilines is 3. The zero-order chi connectivity index (χ0) is 18.7. The van der Waals surface area contributed by atoms with Crippen LogP contribution < -0.4 is 15.1 Å². The van der Waals surface area contributed by atoms with Crippen LogP contribution in [0.1, 0.15) is 35.8 Å². The molecule has 1 aromatic carbocycles. The highest BCUT2D eigenvalue weighted by Gasteiger charge is 2.19. The first kappa shape index (κ1) is 18.2. The number of carbonyl (C=O) groups excluding carboxylic acids is 1. The van der Waals surface area contributed by atoms with Gasteiger partial charge in [-0.05, 0) is 49.9 Å². The molecular weight excluding hydrogens is 326 g/mol. The van der Waals surface area contributed by atoms with Gasteiger partial charge in [0.1, 0.15) is 0 Å². The monoisotopic (exact) mass is 353 g/mol. The Morgan fingerprint density at radius 3 is 2.42 bits per heavy atom. The molecule has 0 bridgehead atoms. The highest BCUT2D eigenvalue weighted by atomic mass is 16.1. The van der Waals surface area contributed by atoms with E-state index in [1.54, 1.807) is 6.20 Å². The molecule has 138 valence electrons. The molecule has 26 heavy (non-hydrogen) atoms. The third-order valence-electron chi connectivity index (χ3n) is 4.92. The number of aryl methyl sites for hydroxylation is 1. The number of hydrogen-bond acceptors (Lipinski definition) is 5. The number of piperidine rings is 1. The molecule has 0 aliphatic carbocycles. The zero-order valence-electron chi connectivity index (χ0n) is 16.0. The Morgan fingerprint density at radius 2 is 1.85 bits per heavy atom. The van der Waals surface area contributed by atoms with Crippen LogP contribution in [0.2, 0.25) is 0 Å². The SMILES string of the molecule is Cc1nc(N2CCC(C)CC2)ncc1C(=O)Nc1ccc(N(C)C)cc1. The summed E-state index contributed by atoms with van der Waals surface area (Å²) >= 11 is 0. The largest absolute Gasteiger partial charge is 0.378 e. The molecule has 6 nitrogen and oxygen atoms in total. The van der Waals surface area contributed by atoms with Crippen LogP contribution in [-0.4, -0.2) is 43.1 Å². The van der Waals surface area contributed by atoms with Gasteiger partial charge in [0, 0.05) is 44.8 Å². The van der Waals surface area contributed by atoms with Crippen LogP contribution in [-0.2, 0) is 0 Å². The summed E-state index contributed by atoms with van der Waals surface area (Å²) in [6.45, 7) is 6.10. The average Bonchev–Trinajstić information content (AvgIpc) is 2.62. The van der Waals surface area contributed by atoms with Gasteiger partial charge in [0.25, 0.3) is 5.91 Å². The van der Waals surface area contributed by atoms with E-state index in [2.05, 4.69) is 27.1 Å². The molecular formula is C20H27N5O. The topological polar surface area (TPSA) is 61.4 Å². The van der Waals surface area contributed by atoms with E-state index in [1.807, 2.05) is 50.2 Å². The van der Waals surface area contributed by atoms with Crippen molar-refractivity contribution in [3.8, 4) is 0 Å². The van der Waals surface area contributed by atoms with Gasteiger partial charge in [-0.1, -0.05) is 6.92 Å². The summed E-state index contributed by atoms with van der Waals surface area (Å²) in [5, 5.41) is 2.92. The fourth-order valence-corrected chi connectivity index (χ4v) is 3.08. The lowest BCUT2D eigenvalue weighted by Gasteiger charge is -2.30. The second kappa shape index (κ2) is 7.72. The van der Waals surface area contributed by atoms with E-state index in [0.29, 0.717) is 11.3 Å². The summed E-state index contributed by atoms with van der Waals surface area (Å²) in [5.74, 6) is 1.30. The molecule has 1 fully saturated rings. The summed E-state index contributed by atoms with van der Waals surface area (Å²) in [6.07, 6.45) is 3.96. The maximum Gasteiger partial charge on any atom is 0.259 e. The number of amides is 1. The summed E-state index contributed by atoms with van der Waals surface area (Å²) in [4.78, 5) is 25.8. The molecule has 1 aliphatic heterocycles. The molecule has 6 heteroatoms. The second-order valence-corrected chi connectivity index (χ2v) is 7.23. The van der Waals surface area contributed by atoms with Crippen LogP contribution in [0.25, 0.3) is 0 Å². The summed E-state index contributed by atoms with van der Waals surface area (Å²) < 4.78 is 0. The van der Waals surface area contributed by atoms with E-state index in [9.17, 15) is 4.79 Å². The van der Waals surface area contributed by atoms with E-state index in [1.165, 1.54) is 0 Å². The van der Waals surface area contributed by atoms with Crippen LogP contribution >= 0.6 is 0 Å². The molecule has 2 heterocycles. The van der Waals surface area contributed by atoms with Gasteiger partial charge in [0.05, 0.1) is 11.3 Å². The van der Waals surface area contributed by atoms with Crippen molar-refractivity contribution in [3.05, 3.63) is 41.7 Å². The van der Waals surface area contributed by atoms with Crippen LogP contribution in [0.3, 0.4) is 0 Å². The third kappa shape index (κ3) is 4.12. The minimum Gasteiger partial charge on any atom is -0.378 e. The van der Waals surface area contributed by atoms with Gasteiger partial charge >= 0.3 is 0 Å². The van der Waals surface area contributed by atoms with Crippen molar-refractivity contribution < 1.29 is 4.79 Å². The second-order valence-electron chi connectivity index (χ2n) is 7.23. The number of carbonyl (C=O) groups is 1. The van der Waals surface area contributed by atoms with E-state index in [-0.39, 0.29) is 5.91 Å². The van der Waals surface area contributed by atoms with Crippen molar-refractivity contribution >= 4 is 23.2 Å². The quantitative estimate of drug-likeness (QED) is 0.913. The number of nitrogens with zero attached hydrogens (tertiary/aromatic N) is 4. The number of nitrogens with one attached hydrogen (secondary N) is 1. The van der Waals surface area contributed by atoms with E-state index < -0.39 is 0 Å². The van der Waals surface area contributed by atoms with Crippen molar-refractivity contribution in [1.29, 1.82) is 0 Å². The summed E-state index contributed by atoms with van der Waals surface area (Å²) in [7, 11) is 3.97. The first-order valence-electron chi connectivity index (χ1n) is 9.11. The predicted octanol–water partition coefficient (Wildman–Crippen LogP) is 3.34. The summed E-state index contributed by atoms with van der Waals surface area (Å²) in [5.41, 5.74) is 3.06. The highest BCUT2D eigenvalue weighted by Crippen LogP contribution is 2.21. The minimum absolute atomic E-state index is 0.182. The average molecular weight is 353 g/mol. The molecule has 0 atom stereocenters. The number of aromatic nitrogens is 2. The van der Waals surface area contributed by atoms with Gasteiger partial charge in [0.15, 0.2) is 0 Å². The molecule has 1 saturated heterocycles. The zero-order valence-corrected chi connectivity index (χ0v) is 16.0. The van der Waals surface area contributed by atoms with Crippen molar-refractivity contribution in [2.75, 3.05) is 42.3 Å². The van der Waals surface area contributed by atoms with E-state index in [0.717, 1.165) is 49.2 Å². The molecule has 3 rings (SSSR count). The Bertz CT molecular complexity index is 764. The number of benzene rings is 1. The fourth-order valence-electron chi connectivity index (χ4n) is 3.08. The molecule has 0 unspecified atom stereocenters. The van der Waals surface area contributed by atoms with Crippen LogP contribution in [0, 0.1) is 12.8 Å². The molecule has 1 aromatic heterocycles. The van der Waals surface area contributed by atoms with Crippen molar-refractivity contribution in [2.45, 2.75) is 26.7 Å². The third-order valence-corrected chi connectivity index (χ3v) is 4.92. The highest BCUT2D eigenvalue weighted by molar-refractivity contribution is 6.04. The first-order valence-corrected chi connectivity index (χ1v) is 9.11. The van der Waals surface area contributed by atoms with Gasteiger partial charge in [-0.3, -0.25) is 4.79 Å². The molecule has 1 aliphatic rings. The van der Waals surface area contributed by atoms with Gasteiger partial charge in [-0.25, -0.2) is 9.97 Å². The Morgan fingerprint density at radius 1 is 1.19 bits per heavy atom. The molecule has 1 amide bonds. The van der Waals surface area contributed by atoms with Crippen LogP contribution in [0.15, 0.2) is 30.5 Å². The first-order chi connectivity index (χ1) is 12.4. The normalized spacial score (nSPS) is 15.0. The standard InChI is InChI=1S/C20H27N5O/c1-14-9-11-25(12-10-14)20-21-13-18(15(2)22-20)19(26)23-16-5-7-17(8-6-16)24(3)4/h5-8,13-14H,9-12H2,1-4H3,(H,23,26). The van der Waals surface area contributed by atoms with Crippen molar-refractivity contribution in [2.24, 2.45) is 5.92 Å². The minimum atomic E-state index is -0.182. The molecule has 0 saturated carbocycles. The fraction of sp³-hybridized carbons (Fsp3) is 0.450. The lowest BCUT2D eigenvalue weighted by atomic mass is 10.00. The Labute approximate surface area is 155 Å². The van der Waals surface area contributed by atoms with Crippen LogP contribution in [0.4, 0.5) is 17.3 Å². The summed E-state index contributed by atoms with van der Waals surface area (Å²) in [6, 6.07) is 7.73. The van der Waals surface area contributed by atoms with E-state index >= 15 is 0 Å². The van der Waals surface area contributed by atoms with Crippen molar-refractivity contribution in [3.63, 3.8) is 0 Å². The lowest BCUT2D eigenvalue weighted by molar-refractivity contribution is 0.102. The number of hydrogen-bond donors (Lipinski definition) is 1. The van der Waals surface area contributed by atoms with Crippen molar-refractivity contribution in [1.82, 2.24) is 9.97 Å². The number of rotatable bonds is 4. The van der Waals surface area contributed by atoms with Gasteiger partial charge in [-0.15, -0.1) is 0 Å². The maximum absolute atomic E-state index is 12.6. The Kier molecular flexibility index (Phi) is 5.40. The molecule has 1 N–H and O–H groups in total. The molecule has 2 aromatic rings. The Hall–Kier alpha value is -2.63. The van der Waals surface area contributed by atoms with E-state index in [4.69, 9.17) is 0 Å².